The van der Waals surface area contributed by atoms with Gasteiger partial charge in [-0.25, -0.2) is 12.4 Å². The third-order valence-electron chi connectivity index (χ3n) is 6.06. The average molecular weight is 471 g/mol. The Bertz CT molecular complexity index is 1780. The Morgan fingerprint density at radius 2 is 1.45 bits per heavy atom. The molecule has 0 saturated carbocycles. The Morgan fingerprint density at radius 1 is 0.727 bits per heavy atom. The maximum atomic E-state index is 13.8. The molecule has 3 aromatic heterocycles. The molecule has 0 N–H and O–H groups in total. The molecule has 0 spiro atoms. The van der Waals surface area contributed by atoms with Gasteiger partial charge in [0.1, 0.15) is 0 Å². The monoisotopic (exact) mass is 470 g/mol. The quantitative estimate of drug-likeness (QED) is 0.282. The molecule has 0 unspecified atom stereocenters. The Morgan fingerprint density at radius 3 is 2.21 bits per heavy atom. The number of nitrogens with zero attached hydrogens (tertiary/aromatic N) is 2. The summed E-state index contributed by atoms with van der Waals surface area (Å²) >= 11 is 6.29. The molecule has 0 fully saturated rings. The lowest BCUT2D eigenvalue weighted by atomic mass is 10.1. The van der Waals surface area contributed by atoms with Crippen molar-refractivity contribution in [1.82, 2.24) is 8.37 Å². The van der Waals surface area contributed by atoms with Crippen LogP contribution in [0.2, 0.25) is 5.02 Å². The number of hydrogen-bond donors (Lipinski definition) is 0. The molecule has 4 nitrogen and oxygen atoms in total. The normalized spacial score (nSPS) is 12.2. The van der Waals surface area contributed by atoms with Gasteiger partial charge < -0.3 is 4.40 Å². The minimum atomic E-state index is -3.85. The van der Waals surface area contributed by atoms with E-state index in [9.17, 15) is 8.42 Å². The van der Waals surface area contributed by atoms with Crippen molar-refractivity contribution < 1.29 is 8.42 Å². The lowest BCUT2D eigenvalue weighted by Gasteiger charge is -2.10. The highest BCUT2D eigenvalue weighted by molar-refractivity contribution is 7.90. The van der Waals surface area contributed by atoms with Crippen molar-refractivity contribution in [3.05, 3.63) is 108 Å². The summed E-state index contributed by atoms with van der Waals surface area (Å²) in [7, 11) is -3.85. The van der Waals surface area contributed by atoms with Gasteiger partial charge >= 0.3 is 0 Å². The number of fused-ring (bicyclic) bond motifs is 4. The van der Waals surface area contributed by atoms with Crippen LogP contribution in [0.15, 0.2) is 102 Å². The van der Waals surface area contributed by atoms with E-state index in [0.29, 0.717) is 16.1 Å². The summed E-state index contributed by atoms with van der Waals surface area (Å²) in [6, 6.07) is 26.4. The molecule has 0 radical (unpaired) electrons. The number of aryl methyl sites for hydroxylation is 1. The van der Waals surface area contributed by atoms with Crippen LogP contribution in [0.3, 0.4) is 0 Å². The van der Waals surface area contributed by atoms with Crippen LogP contribution >= 0.6 is 11.6 Å². The molecule has 0 saturated heterocycles. The Balaban J connectivity index is 1.69. The number of hydrogen-bond acceptors (Lipinski definition) is 2. The molecule has 0 aliphatic heterocycles. The SMILES string of the molecule is Cc1ccc(S(=O)(=O)n2c3cc(Cl)ccc3c3cn4cc(-c5ccccc5)cc4cc32)cc1. The van der Waals surface area contributed by atoms with Crippen molar-refractivity contribution in [3.8, 4) is 11.1 Å². The molecule has 33 heavy (non-hydrogen) atoms. The Kier molecular flexibility index (Phi) is 4.41. The maximum Gasteiger partial charge on any atom is 0.268 e. The second-order valence-corrected chi connectivity index (χ2v) is 10.5. The number of halogens is 1. The van der Waals surface area contributed by atoms with Crippen molar-refractivity contribution in [2.24, 2.45) is 0 Å². The van der Waals surface area contributed by atoms with Crippen LogP contribution in [-0.4, -0.2) is 16.8 Å². The average Bonchev–Trinajstić information content (AvgIpc) is 3.36. The van der Waals surface area contributed by atoms with Gasteiger partial charge in [-0.2, -0.15) is 0 Å². The summed E-state index contributed by atoms with van der Waals surface area (Å²) in [5.74, 6) is 0. The number of pyridine rings is 1. The second-order valence-electron chi connectivity index (χ2n) is 8.24. The Hall–Kier alpha value is -3.54. The fraction of sp³-hybridized carbons (Fsp3) is 0.0370. The van der Waals surface area contributed by atoms with E-state index >= 15 is 0 Å². The molecule has 0 amide bonds. The van der Waals surface area contributed by atoms with Crippen LogP contribution in [0.1, 0.15) is 5.56 Å². The number of aromatic nitrogens is 2. The summed E-state index contributed by atoms with van der Waals surface area (Å²) in [6.07, 6.45) is 4.06. The summed E-state index contributed by atoms with van der Waals surface area (Å²) in [4.78, 5) is 0.243. The van der Waals surface area contributed by atoms with Crippen molar-refractivity contribution in [2.75, 3.05) is 0 Å². The van der Waals surface area contributed by atoms with Crippen molar-refractivity contribution in [1.29, 1.82) is 0 Å². The first kappa shape index (κ1) is 20.1. The molecule has 0 bridgehead atoms. The van der Waals surface area contributed by atoms with Crippen LogP contribution in [0.5, 0.6) is 0 Å². The highest BCUT2D eigenvalue weighted by Gasteiger charge is 2.24. The van der Waals surface area contributed by atoms with E-state index in [4.69, 9.17) is 11.6 Å². The van der Waals surface area contributed by atoms with Crippen LogP contribution in [0.4, 0.5) is 0 Å². The predicted molar refractivity (Wildman–Crippen MR) is 135 cm³/mol. The summed E-state index contributed by atoms with van der Waals surface area (Å²) in [6.45, 7) is 1.93. The first-order valence-corrected chi connectivity index (χ1v) is 12.4. The lowest BCUT2D eigenvalue weighted by Crippen LogP contribution is -2.12. The van der Waals surface area contributed by atoms with Gasteiger partial charge in [-0.05, 0) is 48.9 Å². The smallest absolute Gasteiger partial charge is 0.268 e. The standard InChI is InChI=1S/C27H19ClN2O2S/c1-18-7-10-23(11-8-18)33(31,32)30-26-14-21(28)9-12-24(26)25-17-29-16-20(13-22(29)15-27(25)30)19-5-3-2-4-6-19/h2-17H,1H3. The zero-order valence-electron chi connectivity index (χ0n) is 17.7. The summed E-state index contributed by atoms with van der Waals surface area (Å²) in [5, 5.41) is 2.17. The minimum Gasteiger partial charge on any atom is -0.322 e. The summed E-state index contributed by atoms with van der Waals surface area (Å²) in [5.41, 5.74) is 5.28. The van der Waals surface area contributed by atoms with Gasteiger partial charge in [0.05, 0.1) is 15.9 Å². The molecule has 0 atom stereocenters. The lowest BCUT2D eigenvalue weighted by molar-refractivity contribution is 0.590. The molecule has 3 aromatic carbocycles. The number of benzene rings is 3. The van der Waals surface area contributed by atoms with E-state index < -0.39 is 10.0 Å². The van der Waals surface area contributed by atoms with E-state index in [1.165, 1.54) is 3.97 Å². The van der Waals surface area contributed by atoms with Crippen molar-refractivity contribution >= 4 is 48.9 Å². The van der Waals surface area contributed by atoms with E-state index in [1.807, 2.05) is 60.0 Å². The molecule has 0 aliphatic rings. The van der Waals surface area contributed by atoms with Gasteiger partial charge in [0.2, 0.25) is 0 Å². The first-order valence-electron chi connectivity index (χ1n) is 10.5. The fourth-order valence-corrected chi connectivity index (χ4v) is 6.09. The fourth-order valence-electron chi connectivity index (χ4n) is 4.42. The Labute approximate surface area is 196 Å². The molecule has 6 rings (SSSR count). The van der Waals surface area contributed by atoms with Gasteiger partial charge in [-0.15, -0.1) is 0 Å². The molecule has 3 heterocycles. The highest BCUT2D eigenvalue weighted by atomic mass is 35.5. The van der Waals surface area contributed by atoms with Crippen molar-refractivity contribution in [2.45, 2.75) is 11.8 Å². The van der Waals surface area contributed by atoms with Crippen molar-refractivity contribution in [3.63, 3.8) is 0 Å². The second kappa shape index (κ2) is 7.24. The third-order valence-corrected chi connectivity index (χ3v) is 8.04. The maximum absolute atomic E-state index is 13.8. The van der Waals surface area contributed by atoms with Gasteiger partial charge in [0, 0.05) is 39.3 Å². The van der Waals surface area contributed by atoms with E-state index in [-0.39, 0.29) is 4.90 Å². The van der Waals surface area contributed by atoms with Crippen LogP contribution < -0.4 is 0 Å². The zero-order chi connectivity index (χ0) is 22.7. The van der Waals surface area contributed by atoms with Gasteiger partial charge in [0.25, 0.3) is 10.0 Å². The van der Waals surface area contributed by atoms with Gasteiger partial charge in [-0.1, -0.05) is 65.7 Å². The molecular formula is C27H19ClN2O2S. The van der Waals surface area contributed by atoms with E-state index in [1.54, 1.807) is 24.3 Å². The predicted octanol–water partition coefficient (Wildman–Crippen LogP) is 6.91. The van der Waals surface area contributed by atoms with Crippen LogP contribution in [0, 0.1) is 6.92 Å². The zero-order valence-corrected chi connectivity index (χ0v) is 19.3. The molecule has 162 valence electrons. The highest BCUT2D eigenvalue weighted by Crippen LogP contribution is 2.36. The third kappa shape index (κ3) is 3.16. The first-order chi connectivity index (χ1) is 15.9. The molecule has 0 aliphatic carbocycles. The topological polar surface area (TPSA) is 43.5 Å². The largest absolute Gasteiger partial charge is 0.322 e. The van der Waals surface area contributed by atoms with Gasteiger partial charge in [-0.3, -0.25) is 0 Å². The summed E-state index contributed by atoms with van der Waals surface area (Å²) < 4.78 is 31.1. The number of rotatable bonds is 3. The van der Waals surface area contributed by atoms with Gasteiger partial charge in [0.15, 0.2) is 0 Å². The molecular weight excluding hydrogens is 452 g/mol. The van der Waals surface area contributed by atoms with E-state index in [2.05, 4.69) is 24.4 Å². The molecule has 6 heteroatoms. The van der Waals surface area contributed by atoms with Crippen LogP contribution in [-0.2, 0) is 10.0 Å². The minimum absolute atomic E-state index is 0.243. The van der Waals surface area contributed by atoms with E-state index in [0.717, 1.165) is 33.0 Å². The molecule has 6 aromatic rings. The van der Waals surface area contributed by atoms with Crippen LogP contribution in [0.25, 0.3) is 38.4 Å².